The van der Waals surface area contributed by atoms with Crippen LogP contribution in [0, 0.1) is 0 Å². The van der Waals surface area contributed by atoms with E-state index in [1.165, 1.54) is 11.8 Å². The molecule has 6 nitrogen and oxygen atoms in total. The van der Waals surface area contributed by atoms with Crippen molar-refractivity contribution < 1.29 is 19.5 Å². The Kier molecular flexibility index (Phi) is 5.30. The molecule has 7 heteroatoms. The smallest absolute Gasteiger partial charge is 0.305 e. The minimum absolute atomic E-state index is 0.0950. The Morgan fingerprint density at radius 1 is 1.35 bits per heavy atom. The molecule has 1 aliphatic rings. The van der Waals surface area contributed by atoms with Gasteiger partial charge in [0, 0.05) is 10.5 Å². The van der Waals surface area contributed by atoms with Gasteiger partial charge in [0.05, 0.1) is 23.4 Å². The molecule has 0 saturated heterocycles. The number of benzene rings is 1. The number of nitrogens with one attached hydrogen (secondary N) is 2. The lowest BCUT2D eigenvalue weighted by Crippen LogP contribution is -2.49. The first-order valence-electron chi connectivity index (χ1n) is 7.50. The number of thioether (sulfide) groups is 1. The Hall–Kier alpha value is -2.02. The first kappa shape index (κ1) is 17.3. The van der Waals surface area contributed by atoms with Gasteiger partial charge in [-0.2, -0.15) is 0 Å². The van der Waals surface area contributed by atoms with Crippen molar-refractivity contribution in [2.45, 2.75) is 43.5 Å². The maximum absolute atomic E-state index is 12.5. The van der Waals surface area contributed by atoms with E-state index in [-0.39, 0.29) is 18.2 Å². The SMILES string of the molecule is CCC(CC)(CC(=O)O)NC(=O)c1ccc2c(c1)NC(=O)CS2. The van der Waals surface area contributed by atoms with E-state index < -0.39 is 11.5 Å². The minimum Gasteiger partial charge on any atom is -0.481 e. The van der Waals surface area contributed by atoms with Crippen LogP contribution < -0.4 is 10.6 Å². The summed E-state index contributed by atoms with van der Waals surface area (Å²) in [5, 5.41) is 14.7. The average Bonchev–Trinajstić information content (AvgIpc) is 2.52. The number of hydrogen-bond acceptors (Lipinski definition) is 4. The van der Waals surface area contributed by atoms with E-state index in [1.54, 1.807) is 18.2 Å². The van der Waals surface area contributed by atoms with Gasteiger partial charge in [-0.15, -0.1) is 11.8 Å². The van der Waals surface area contributed by atoms with Crippen LogP contribution in [0.5, 0.6) is 0 Å². The van der Waals surface area contributed by atoms with Crippen LogP contribution in [0.4, 0.5) is 5.69 Å². The zero-order valence-electron chi connectivity index (χ0n) is 13.1. The highest BCUT2D eigenvalue weighted by atomic mass is 32.2. The summed E-state index contributed by atoms with van der Waals surface area (Å²) in [5.41, 5.74) is 0.260. The number of carboxylic acid groups (broad SMARTS) is 1. The highest BCUT2D eigenvalue weighted by Crippen LogP contribution is 2.32. The Morgan fingerprint density at radius 2 is 2.04 bits per heavy atom. The molecule has 0 aromatic heterocycles. The number of anilines is 1. The summed E-state index contributed by atoms with van der Waals surface area (Å²) in [7, 11) is 0. The van der Waals surface area contributed by atoms with Crippen molar-refractivity contribution in [2.75, 3.05) is 11.1 Å². The lowest BCUT2D eigenvalue weighted by atomic mass is 9.88. The second kappa shape index (κ2) is 7.04. The summed E-state index contributed by atoms with van der Waals surface area (Å²) in [6.45, 7) is 3.72. The molecule has 0 radical (unpaired) electrons. The number of carboxylic acids is 1. The molecule has 1 aromatic carbocycles. The summed E-state index contributed by atoms with van der Waals surface area (Å²) in [6, 6.07) is 5.12. The molecule has 1 aromatic rings. The van der Waals surface area contributed by atoms with Gasteiger partial charge in [-0.25, -0.2) is 0 Å². The first-order valence-corrected chi connectivity index (χ1v) is 8.48. The molecule has 1 aliphatic heterocycles. The van der Waals surface area contributed by atoms with Gasteiger partial charge in [-0.1, -0.05) is 13.8 Å². The van der Waals surface area contributed by atoms with Crippen molar-refractivity contribution in [3.05, 3.63) is 23.8 Å². The van der Waals surface area contributed by atoms with E-state index in [2.05, 4.69) is 10.6 Å². The third-order valence-corrected chi connectivity index (χ3v) is 5.17. The number of carbonyl (C=O) groups is 3. The Labute approximate surface area is 139 Å². The fourth-order valence-electron chi connectivity index (χ4n) is 2.55. The molecule has 3 N–H and O–H groups in total. The van der Waals surface area contributed by atoms with Gasteiger partial charge in [-0.3, -0.25) is 14.4 Å². The molecule has 2 rings (SSSR count). The van der Waals surface area contributed by atoms with Gasteiger partial charge in [0.25, 0.3) is 5.91 Å². The van der Waals surface area contributed by atoms with E-state index in [1.807, 2.05) is 13.8 Å². The van der Waals surface area contributed by atoms with Crippen LogP contribution in [-0.4, -0.2) is 34.2 Å². The molecule has 0 unspecified atom stereocenters. The summed E-state index contributed by atoms with van der Waals surface area (Å²) < 4.78 is 0. The van der Waals surface area contributed by atoms with Crippen LogP contribution in [-0.2, 0) is 9.59 Å². The van der Waals surface area contributed by atoms with E-state index in [9.17, 15) is 14.4 Å². The molecule has 0 atom stereocenters. The molecular formula is C16H20N2O4S. The van der Waals surface area contributed by atoms with Crippen LogP contribution in [0.2, 0.25) is 0 Å². The molecule has 1 heterocycles. The number of rotatable bonds is 6. The summed E-state index contributed by atoms with van der Waals surface area (Å²) in [4.78, 5) is 36.0. The van der Waals surface area contributed by atoms with Gasteiger partial charge in [-0.05, 0) is 31.0 Å². The molecule has 0 bridgehead atoms. The number of fused-ring (bicyclic) bond motifs is 1. The number of amides is 2. The number of aliphatic carboxylic acids is 1. The predicted molar refractivity (Wildman–Crippen MR) is 88.8 cm³/mol. The number of hydrogen-bond donors (Lipinski definition) is 3. The third kappa shape index (κ3) is 4.04. The predicted octanol–water partition coefficient (Wildman–Crippen LogP) is 2.49. The summed E-state index contributed by atoms with van der Waals surface area (Å²) >= 11 is 1.43. The van der Waals surface area contributed by atoms with Crippen LogP contribution >= 0.6 is 11.8 Å². The summed E-state index contributed by atoms with van der Waals surface area (Å²) in [5.74, 6) is -1.00. The van der Waals surface area contributed by atoms with E-state index in [0.29, 0.717) is 29.8 Å². The van der Waals surface area contributed by atoms with Gasteiger partial charge in [0.15, 0.2) is 0 Å². The van der Waals surface area contributed by atoms with Gasteiger partial charge >= 0.3 is 5.97 Å². The lowest BCUT2D eigenvalue weighted by molar-refractivity contribution is -0.138. The molecule has 0 fully saturated rings. The maximum atomic E-state index is 12.5. The lowest BCUT2D eigenvalue weighted by Gasteiger charge is -2.31. The molecule has 0 spiro atoms. The largest absolute Gasteiger partial charge is 0.481 e. The molecule has 2 amide bonds. The highest BCUT2D eigenvalue weighted by Gasteiger charge is 2.31. The van der Waals surface area contributed by atoms with Gasteiger partial charge in [0.2, 0.25) is 5.91 Å². The first-order chi connectivity index (χ1) is 10.9. The standard InChI is InChI=1S/C16H20N2O4S/c1-3-16(4-2,8-14(20)21)18-15(22)10-5-6-12-11(7-10)17-13(19)9-23-12/h5-7H,3-4,8-9H2,1-2H3,(H,17,19)(H,18,22)(H,20,21). The number of carbonyl (C=O) groups excluding carboxylic acids is 2. The van der Waals surface area contributed by atoms with E-state index in [4.69, 9.17) is 5.11 Å². The van der Waals surface area contributed by atoms with Crippen LogP contribution in [0.25, 0.3) is 0 Å². The van der Waals surface area contributed by atoms with Crippen LogP contribution in [0.15, 0.2) is 23.1 Å². The Morgan fingerprint density at radius 3 is 2.65 bits per heavy atom. The van der Waals surface area contributed by atoms with Crippen molar-refractivity contribution in [3.63, 3.8) is 0 Å². The zero-order valence-corrected chi connectivity index (χ0v) is 14.0. The molecule has 23 heavy (non-hydrogen) atoms. The van der Waals surface area contributed by atoms with Crippen molar-refractivity contribution in [1.29, 1.82) is 0 Å². The highest BCUT2D eigenvalue weighted by molar-refractivity contribution is 8.00. The Balaban J connectivity index is 2.21. The Bertz CT molecular complexity index is 641. The van der Waals surface area contributed by atoms with Crippen LogP contribution in [0.3, 0.4) is 0 Å². The zero-order chi connectivity index (χ0) is 17.0. The van der Waals surface area contributed by atoms with Crippen molar-refractivity contribution in [1.82, 2.24) is 5.32 Å². The van der Waals surface area contributed by atoms with E-state index >= 15 is 0 Å². The van der Waals surface area contributed by atoms with Crippen molar-refractivity contribution in [2.24, 2.45) is 0 Å². The van der Waals surface area contributed by atoms with Crippen molar-refractivity contribution in [3.8, 4) is 0 Å². The third-order valence-electron chi connectivity index (χ3n) is 4.10. The topological polar surface area (TPSA) is 95.5 Å². The fraction of sp³-hybridized carbons (Fsp3) is 0.438. The minimum atomic E-state index is -0.942. The maximum Gasteiger partial charge on any atom is 0.305 e. The average molecular weight is 336 g/mol. The van der Waals surface area contributed by atoms with E-state index in [0.717, 1.165) is 4.90 Å². The monoisotopic (exact) mass is 336 g/mol. The second-order valence-corrected chi connectivity index (χ2v) is 6.58. The molecule has 0 saturated carbocycles. The van der Waals surface area contributed by atoms with Gasteiger partial charge < -0.3 is 15.7 Å². The quantitative estimate of drug-likeness (QED) is 0.742. The van der Waals surface area contributed by atoms with Crippen molar-refractivity contribution >= 4 is 35.2 Å². The molecule has 0 aliphatic carbocycles. The summed E-state index contributed by atoms with van der Waals surface area (Å²) in [6.07, 6.45) is 0.932. The normalized spacial score (nSPS) is 13.9. The fourth-order valence-corrected chi connectivity index (χ4v) is 3.34. The molecule has 124 valence electrons. The van der Waals surface area contributed by atoms with Gasteiger partial charge in [0.1, 0.15) is 0 Å². The van der Waals surface area contributed by atoms with Crippen LogP contribution in [0.1, 0.15) is 43.5 Å². The molecular weight excluding hydrogens is 316 g/mol. The second-order valence-electron chi connectivity index (χ2n) is 5.56.